The molecule has 0 radical (unpaired) electrons. The summed E-state index contributed by atoms with van der Waals surface area (Å²) >= 11 is 0. The number of benzene rings is 2. The van der Waals surface area contributed by atoms with Gasteiger partial charge in [-0.1, -0.05) is 36.4 Å². The van der Waals surface area contributed by atoms with Gasteiger partial charge in [0.2, 0.25) is 0 Å². The topological polar surface area (TPSA) is 69.9 Å². The van der Waals surface area contributed by atoms with Gasteiger partial charge in [-0.2, -0.15) is 0 Å². The summed E-state index contributed by atoms with van der Waals surface area (Å²) in [7, 11) is 0. The van der Waals surface area contributed by atoms with Crippen LogP contribution in [0.3, 0.4) is 0 Å². The predicted octanol–water partition coefficient (Wildman–Crippen LogP) is 3.25. The third-order valence-electron chi connectivity index (χ3n) is 5.81. The summed E-state index contributed by atoms with van der Waals surface area (Å²) in [4.78, 5) is 19.2. The van der Waals surface area contributed by atoms with Gasteiger partial charge in [-0.05, 0) is 52.9 Å². The Kier molecular flexibility index (Phi) is 5.43. The molecule has 5 rings (SSSR count). The molecule has 0 fully saturated rings. The van der Waals surface area contributed by atoms with Crippen molar-refractivity contribution in [1.29, 1.82) is 0 Å². The second-order valence-electron chi connectivity index (χ2n) is 8.06. The van der Waals surface area contributed by atoms with Crippen LogP contribution in [0.4, 0.5) is 4.39 Å². The Morgan fingerprint density at radius 3 is 2.69 bits per heavy atom. The first-order chi connectivity index (χ1) is 15.5. The summed E-state index contributed by atoms with van der Waals surface area (Å²) in [6.07, 6.45) is 3.37. The third kappa shape index (κ3) is 4.26. The highest BCUT2D eigenvalue weighted by Gasteiger charge is 2.20. The average molecular weight is 430 g/mol. The van der Waals surface area contributed by atoms with Gasteiger partial charge in [-0.15, -0.1) is 0 Å². The molecule has 0 spiro atoms. The number of fused-ring (bicyclic) bond motifs is 2. The number of nitrogens with zero attached hydrogens (tertiary/aromatic N) is 3. The van der Waals surface area contributed by atoms with E-state index >= 15 is 0 Å². The van der Waals surface area contributed by atoms with E-state index in [1.807, 2.05) is 24.3 Å². The van der Waals surface area contributed by atoms with Crippen molar-refractivity contribution in [3.63, 3.8) is 0 Å². The standard InChI is InChI=1S/C25H23FN4O2/c26-21-7-5-18(6-8-21)19-10-12-30-15-22(27-23(30)13-19)25(32)28-24(31)16-29-11-9-17-3-1-2-4-20(17)14-29/h1-8,10,12-13,15,24,31H,9,11,14,16H2,(H,28,32). The van der Waals surface area contributed by atoms with Crippen molar-refractivity contribution in [3.8, 4) is 11.1 Å². The molecule has 1 amide bonds. The fourth-order valence-electron chi connectivity index (χ4n) is 4.14. The molecule has 3 heterocycles. The van der Waals surface area contributed by atoms with Crippen LogP contribution in [0, 0.1) is 5.82 Å². The molecule has 0 bridgehead atoms. The number of aliphatic hydroxyl groups is 1. The summed E-state index contributed by atoms with van der Waals surface area (Å²) in [6, 6.07) is 18.2. The van der Waals surface area contributed by atoms with Crippen molar-refractivity contribution in [2.75, 3.05) is 13.1 Å². The van der Waals surface area contributed by atoms with E-state index in [9.17, 15) is 14.3 Å². The van der Waals surface area contributed by atoms with Gasteiger partial charge in [0.05, 0.1) is 0 Å². The highest BCUT2D eigenvalue weighted by atomic mass is 19.1. The van der Waals surface area contributed by atoms with Crippen molar-refractivity contribution in [1.82, 2.24) is 19.6 Å². The summed E-state index contributed by atoms with van der Waals surface area (Å²) < 4.78 is 14.9. The number of carbonyl (C=O) groups is 1. The van der Waals surface area contributed by atoms with E-state index in [1.165, 1.54) is 23.3 Å². The predicted molar refractivity (Wildman–Crippen MR) is 119 cm³/mol. The van der Waals surface area contributed by atoms with Crippen molar-refractivity contribution < 1.29 is 14.3 Å². The van der Waals surface area contributed by atoms with Crippen molar-refractivity contribution in [2.45, 2.75) is 19.2 Å². The number of aliphatic hydroxyl groups excluding tert-OH is 1. The number of β-amino-alcohol motifs (C(OH)–C–C–N with tert-alkyl or cyclic N) is 1. The molecule has 0 saturated heterocycles. The van der Waals surface area contributed by atoms with Gasteiger partial charge in [-0.25, -0.2) is 9.37 Å². The number of halogens is 1. The third-order valence-corrected chi connectivity index (χ3v) is 5.81. The molecule has 6 nitrogen and oxygen atoms in total. The van der Waals surface area contributed by atoms with E-state index < -0.39 is 12.1 Å². The van der Waals surface area contributed by atoms with Gasteiger partial charge in [0.25, 0.3) is 5.91 Å². The number of pyridine rings is 1. The zero-order valence-electron chi connectivity index (χ0n) is 17.4. The molecule has 4 aromatic rings. The Bertz CT molecular complexity index is 1270. The van der Waals surface area contributed by atoms with Gasteiger partial charge in [0, 0.05) is 32.0 Å². The lowest BCUT2D eigenvalue weighted by atomic mass is 10.00. The highest BCUT2D eigenvalue weighted by Crippen LogP contribution is 2.21. The van der Waals surface area contributed by atoms with Crippen LogP contribution in [0.1, 0.15) is 21.6 Å². The molecular formula is C25H23FN4O2. The smallest absolute Gasteiger partial charge is 0.273 e. The first kappa shape index (κ1) is 20.4. The molecule has 1 aliphatic heterocycles. The maximum Gasteiger partial charge on any atom is 0.273 e. The van der Waals surface area contributed by atoms with E-state index in [2.05, 4.69) is 27.3 Å². The van der Waals surface area contributed by atoms with Crippen LogP contribution in [0.25, 0.3) is 16.8 Å². The lowest BCUT2D eigenvalue weighted by Crippen LogP contribution is -2.45. The highest BCUT2D eigenvalue weighted by molar-refractivity contribution is 5.93. The molecule has 1 aliphatic rings. The van der Waals surface area contributed by atoms with Crippen LogP contribution in [-0.2, 0) is 13.0 Å². The summed E-state index contributed by atoms with van der Waals surface area (Å²) in [5.41, 5.74) is 5.16. The number of carbonyl (C=O) groups excluding carboxylic acids is 1. The first-order valence-electron chi connectivity index (χ1n) is 10.6. The van der Waals surface area contributed by atoms with Crippen molar-refractivity contribution >= 4 is 11.6 Å². The van der Waals surface area contributed by atoms with E-state index in [1.54, 1.807) is 28.9 Å². The minimum Gasteiger partial charge on any atom is -0.372 e. The fraction of sp³-hybridized carbons (Fsp3) is 0.200. The second-order valence-corrected chi connectivity index (χ2v) is 8.06. The Balaban J connectivity index is 1.25. The number of hydrogen-bond acceptors (Lipinski definition) is 4. The molecule has 0 aliphatic carbocycles. The number of imidazole rings is 1. The lowest BCUT2D eigenvalue weighted by molar-refractivity contribution is 0.0614. The first-order valence-corrected chi connectivity index (χ1v) is 10.6. The van der Waals surface area contributed by atoms with E-state index in [-0.39, 0.29) is 11.5 Å². The summed E-state index contributed by atoms with van der Waals surface area (Å²) in [6.45, 7) is 1.94. The van der Waals surface area contributed by atoms with E-state index in [0.717, 1.165) is 30.6 Å². The summed E-state index contributed by atoms with van der Waals surface area (Å²) in [5, 5.41) is 13.1. The van der Waals surface area contributed by atoms with Crippen LogP contribution in [0.15, 0.2) is 73.1 Å². The molecule has 7 heteroatoms. The van der Waals surface area contributed by atoms with Crippen LogP contribution in [-0.4, -0.2) is 44.6 Å². The Labute approximate surface area is 184 Å². The maximum absolute atomic E-state index is 13.2. The molecule has 2 aromatic heterocycles. The Hall–Kier alpha value is -3.55. The number of rotatable bonds is 5. The molecule has 2 N–H and O–H groups in total. The molecular weight excluding hydrogens is 407 g/mol. The minimum absolute atomic E-state index is 0.226. The maximum atomic E-state index is 13.2. The number of aromatic nitrogens is 2. The fourth-order valence-corrected chi connectivity index (χ4v) is 4.14. The molecule has 0 saturated carbocycles. The average Bonchev–Trinajstić information content (AvgIpc) is 3.23. The summed E-state index contributed by atoms with van der Waals surface area (Å²) in [5.74, 6) is -0.719. The largest absolute Gasteiger partial charge is 0.372 e. The van der Waals surface area contributed by atoms with Crippen LogP contribution in [0.2, 0.25) is 0 Å². The quantitative estimate of drug-likeness (QED) is 0.477. The van der Waals surface area contributed by atoms with Crippen molar-refractivity contribution in [3.05, 3.63) is 95.7 Å². The van der Waals surface area contributed by atoms with E-state index in [4.69, 9.17) is 0 Å². The Morgan fingerprint density at radius 2 is 1.88 bits per heavy atom. The van der Waals surface area contributed by atoms with Crippen molar-refractivity contribution in [2.24, 2.45) is 0 Å². The van der Waals surface area contributed by atoms with Gasteiger partial charge >= 0.3 is 0 Å². The normalized spacial score (nSPS) is 14.8. The van der Waals surface area contributed by atoms with Gasteiger partial charge in [-0.3, -0.25) is 9.69 Å². The van der Waals surface area contributed by atoms with E-state index in [0.29, 0.717) is 12.2 Å². The molecule has 2 aromatic carbocycles. The number of hydrogen-bond donors (Lipinski definition) is 2. The van der Waals surface area contributed by atoms with Crippen LogP contribution < -0.4 is 5.32 Å². The zero-order chi connectivity index (χ0) is 22.1. The monoisotopic (exact) mass is 430 g/mol. The molecule has 1 atom stereocenters. The van der Waals surface area contributed by atoms with Gasteiger partial charge in [0.15, 0.2) is 0 Å². The minimum atomic E-state index is -0.993. The number of amides is 1. The second kappa shape index (κ2) is 8.53. The van der Waals surface area contributed by atoms with Crippen LogP contribution in [0.5, 0.6) is 0 Å². The zero-order valence-corrected chi connectivity index (χ0v) is 17.4. The van der Waals surface area contributed by atoms with Gasteiger partial charge < -0.3 is 14.8 Å². The molecule has 162 valence electrons. The van der Waals surface area contributed by atoms with Gasteiger partial charge in [0.1, 0.15) is 23.4 Å². The number of nitrogens with one attached hydrogen (secondary N) is 1. The molecule has 32 heavy (non-hydrogen) atoms. The SMILES string of the molecule is O=C(NC(O)CN1CCc2ccccc2C1)c1cn2ccc(-c3ccc(F)cc3)cc2n1. The molecule has 1 unspecified atom stereocenters. The lowest BCUT2D eigenvalue weighted by Gasteiger charge is -2.30. The Morgan fingerprint density at radius 1 is 1.09 bits per heavy atom. The van der Waals surface area contributed by atoms with Crippen LogP contribution >= 0.6 is 0 Å².